The van der Waals surface area contributed by atoms with Crippen molar-refractivity contribution in [1.82, 2.24) is 5.32 Å². The summed E-state index contributed by atoms with van der Waals surface area (Å²) in [5.74, 6) is -0.428. The molecule has 4 heteroatoms. The van der Waals surface area contributed by atoms with Crippen LogP contribution in [0.5, 0.6) is 0 Å². The van der Waals surface area contributed by atoms with Gasteiger partial charge in [-0.25, -0.2) is 4.39 Å². The molecule has 0 fully saturated rings. The minimum atomic E-state index is -0.587. The van der Waals surface area contributed by atoms with Gasteiger partial charge in [-0.15, -0.1) is 0 Å². The zero-order valence-electron chi connectivity index (χ0n) is 12.1. The number of nitrogens with one attached hydrogen (secondary N) is 1. The number of fused-ring (bicyclic) bond motifs is 1. The maximum atomic E-state index is 13.1. The topological polar surface area (TPSA) is 49.3 Å². The predicted octanol–water partition coefficient (Wildman–Crippen LogP) is 2.53. The number of aryl methyl sites for hydroxylation is 1. The summed E-state index contributed by atoms with van der Waals surface area (Å²) >= 11 is 0. The van der Waals surface area contributed by atoms with Crippen molar-refractivity contribution in [2.45, 2.75) is 31.4 Å². The van der Waals surface area contributed by atoms with Gasteiger partial charge in [0.25, 0.3) is 0 Å². The normalized spacial score (nSPS) is 19.7. The maximum Gasteiger partial charge on any atom is 0.220 e. The Morgan fingerprint density at radius 1 is 1.23 bits per heavy atom. The molecule has 3 nitrogen and oxygen atoms in total. The SMILES string of the molecule is O=C(CCc1cccc(F)c1)N[C@@H]1c2ccccc2C[C@@H]1O. The molecule has 1 aliphatic rings. The Morgan fingerprint density at radius 3 is 2.86 bits per heavy atom. The number of rotatable bonds is 4. The molecule has 0 saturated heterocycles. The van der Waals surface area contributed by atoms with E-state index < -0.39 is 6.10 Å². The lowest BCUT2D eigenvalue weighted by Crippen LogP contribution is -2.33. The van der Waals surface area contributed by atoms with Gasteiger partial charge in [0, 0.05) is 12.8 Å². The molecule has 2 atom stereocenters. The first kappa shape index (κ1) is 14.7. The van der Waals surface area contributed by atoms with Crippen molar-refractivity contribution in [3.05, 3.63) is 71.0 Å². The summed E-state index contributed by atoms with van der Waals surface area (Å²) in [4.78, 5) is 12.1. The Morgan fingerprint density at radius 2 is 2.05 bits per heavy atom. The van der Waals surface area contributed by atoms with Gasteiger partial charge in [0.15, 0.2) is 0 Å². The lowest BCUT2D eigenvalue weighted by atomic mass is 10.1. The lowest BCUT2D eigenvalue weighted by molar-refractivity contribution is -0.122. The molecule has 1 amide bonds. The van der Waals surface area contributed by atoms with Crippen molar-refractivity contribution in [1.29, 1.82) is 0 Å². The van der Waals surface area contributed by atoms with E-state index in [2.05, 4.69) is 5.32 Å². The molecule has 2 aromatic carbocycles. The van der Waals surface area contributed by atoms with Gasteiger partial charge < -0.3 is 10.4 Å². The summed E-state index contributed by atoms with van der Waals surface area (Å²) in [5, 5.41) is 13.0. The fraction of sp³-hybridized carbons (Fsp3) is 0.278. The van der Waals surface area contributed by atoms with Crippen LogP contribution >= 0.6 is 0 Å². The minimum absolute atomic E-state index is 0.134. The number of halogens is 1. The number of aliphatic hydroxyl groups is 1. The van der Waals surface area contributed by atoms with E-state index in [0.717, 1.165) is 16.7 Å². The zero-order chi connectivity index (χ0) is 15.5. The van der Waals surface area contributed by atoms with E-state index in [4.69, 9.17) is 0 Å². The molecule has 114 valence electrons. The summed E-state index contributed by atoms with van der Waals surface area (Å²) in [6.45, 7) is 0. The fourth-order valence-electron chi connectivity index (χ4n) is 2.94. The third-order valence-corrected chi connectivity index (χ3v) is 4.05. The zero-order valence-corrected chi connectivity index (χ0v) is 12.1. The van der Waals surface area contributed by atoms with E-state index in [1.165, 1.54) is 12.1 Å². The molecule has 0 heterocycles. The van der Waals surface area contributed by atoms with Crippen LogP contribution in [0.1, 0.15) is 29.2 Å². The van der Waals surface area contributed by atoms with Gasteiger partial charge in [-0.05, 0) is 35.2 Å². The lowest BCUT2D eigenvalue weighted by Gasteiger charge is -2.18. The number of benzene rings is 2. The number of aliphatic hydroxyl groups excluding tert-OH is 1. The van der Waals surface area contributed by atoms with Gasteiger partial charge in [0.05, 0.1) is 12.1 Å². The van der Waals surface area contributed by atoms with E-state index >= 15 is 0 Å². The summed E-state index contributed by atoms with van der Waals surface area (Å²) in [6.07, 6.45) is 0.726. The van der Waals surface area contributed by atoms with E-state index in [1.807, 2.05) is 24.3 Å². The van der Waals surface area contributed by atoms with E-state index in [0.29, 0.717) is 12.8 Å². The summed E-state index contributed by atoms with van der Waals surface area (Å²) in [7, 11) is 0. The van der Waals surface area contributed by atoms with Gasteiger partial charge in [-0.3, -0.25) is 4.79 Å². The first-order valence-electron chi connectivity index (χ1n) is 7.43. The molecular weight excluding hydrogens is 281 g/mol. The Hall–Kier alpha value is -2.20. The molecule has 0 spiro atoms. The Labute approximate surface area is 128 Å². The minimum Gasteiger partial charge on any atom is -0.390 e. The molecule has 3 rings (SSSR count). The van der Waals surface area contributed by atoms with Crippen LogP contribution in [0.4, 0.5) is 4.39 Å². The molecular formula is C18H18FNO2. The van der Waals surface area contributed by atoms with Gasteiger partial charge >= 0.3 is 0 Å². The van der Waals surface area contributed by atoms with Crippen LogP contribution in [0.2, 0.25) is 0 Å². The standard InChI is InChI=1S/C18H18FNO2/c19-14-6-3-4-12(10-14)8-9-17(22)20-18-15-7-2-1-5-13(15)11-16(18)21/h1-7,10,16,18,21H,8-9,11H2,(H,20,22)/t16-,18+/m0/s1. The third kappa shape index (κ3) is 3.17. The quantitative estimate of drug-likeness (QED) is 0.911. The van der Waals surface area contributed by atoms with Gasteiger partial charge in [0.2, 0.25) is 5.91 Å². The van der Waals surface area contributed by atoms with Crippen LogP contribution in [-0.2, 0) is 17.6 Å². The summed E-state index contributed by atoms with van der Waals surface area (Å²) in [6, 6.07) is 13.7. The maximum absolute atomic E-state index is 13.1. The van der Waals surface area contributed by atoms with Crippen LogP contribution in [0.3, 0.4) is 0 Å². The molecule has 2 N–H and O–H groups in total. The molecule has 0 aromatic heterocycles. The Kier molecular flexibility index (Phi) is 4.20. The monoisotopic (exact) mass is 299 g/mol. The van der Waals surface area contributed by atoms with Crippen molar-refractivity contribution in [2.24, 2.45) is 0 Å². The Bertz CT molecular complexity index is 686. The fourth-order valence-corrected chi connectivity index (χ4v) is 2.94. The van der Waals surface area contributed by atoms with Crippen LogP contribution in [0, 0.1) is 5.82 Å². The highest BCUT2D eigenvalue weighted by Gasteiger charge is 2.31. The van der Waals surface area contributed by atoms with Crippen molar-refractivity contribution < 1.29 is 14.3 Å². The number of carbonyl (C=O) groups is 1. The van der Waals surface area contributed by atoms with Crippen molar-refractivity contribution in [3.63, 3.8) is 0 Å². The molecule has 0 unspecified atom stereocenters. The second kappa shape index (κ2) is 6.28. The highest BCUT2D eigenvalue weighted by molar-refractivity contribution is 5.77. The predicted molar refractivity (Wildman–Crippen MR) is 81.8 cm³/mol. The second-order valence-corrected chi connectivity index (χ2v) is 5.65. The highest BCUT2D eigenvalue weighted by atomic mass is 19.1. The van der Waals surface area contributed by atoms with Gasteiger partial charge in [-0.2, -0.15) is 0 Å². The third-order valence-electron chi connectivity index (χ3n) is 4.05. The number of amides is 1. The van der Waals surface area contributed by atoms with E-state index in [-0.39, 0.29) is 24.2 Å². The highest BCUT2D eigenvalue weighted by Crippen LogP contribution is 2.31. The van der Waals surface area contributed by atoms with Gasteiger partial charge in [-0.1, -0.05) is 36.4 Å². The van der Waals surface area contributed by atoms with E-state index in [9.17, 15) is 14.3 Å². The van der Waals surface area contributed by atoms with Crippen LogP contribution in [0.25, 0.3) is 0 Å². The van der Waals surface area contributed by atoms with Crippen molar-refractivity contribution in [3.8, 4) is 0 Å². The first-order valence-corrected chi connectivity index (χ1v) is 7.43. The van der Waals surface area contributed by atoms with Crippen molar-refractivity contribution in [2.75, 3.05) is 0 Å². The summed E-state index contributed by atoms with van der Waals surface area (Å²) in [5.41, 5.74) is 2.85. The van der Waals surface area contributed by atoms with Crippen molar-refractivity contribution >= 4 is 5.91 Å². The molecule has 1 aliphatic carbocycles. The van der Waals surface area contributed by atoms with Gasteiger partial charge in [0.1, 0.15) is 5.82 Å². The number of hydrogen-bond acceptors (Lipinski definition) is 2. The Balaban J connectivity index is 1.60. The van der Waals surface area contributed by atoms with Crippen LogP contribution in [-0.4, -0.2) is 17.1 Å². The average Bonchev–Trinajstić information content (AvgIpc) is 2.81. The van der Waals surface area contributed by atoms with E-state index in [1.54, 1.807) is 12.1 Å². The average molecular weight is 299 g/mol. The molecule has 0 bridgehead atoms. The smallest absolute Gasteiger partial charge is 0.220 e. The first-order chi connectivity index (χ1) is 10.6. The molecule has 0 radical (unpaired) electrons. The van der Waals surface area contributed by atoms with Crippen LogP contribution in [0.15, 0.2) is 48.5 Å². The van der Waals surface area contributed by atoms with Crippen LogP contribution < -0.4 is 5.32 Å². The molecule has 2 aromatic rings. The molecule has 0 saturated carbocycles. The number of carbonyl (C=O) groups excluding carboxylic acids is 1. The second-order valence-electron chi connectivity index (χ2n) is 5.65. The largest absolute Gasteiger partial charge is 0.390 e. The molecule has 22 heavy (non-hydrogen) atoms. The summed E-state index contributed by atoms with van der Waals surface area (Å²) < 4.78 is 13.1. The number of hydrogen-bond donors (Lipinski definition) is 2. The molecule has 0 aliphatic heterocycles.